The Morgan fingerprint density at radius 1 is 1.62 bits per heavy atom. The largest absolute Gasteiger partial charge is 0.330 e. The molecule has 2 rings (SSSR count). The van der Waals surface area contributed by atoms with Crippen LogP contribution in [0.1, 0.15) is 30.8 Å². The van der Waals surface area contributed by atoms with Gasteiger partial charge >= 0.3 is 0 Å². The predicted octanol–water partition coefficient (Wildman–Crippen LogP) is 0.669. The van der Waals surface area contributed by atoms with E-state index in [0.29, 0.717) is 12.6 Å². The summed E-state index contributed by atoms with van der Waals surface area (Å²) in [6.07, 6.45) is 2.08. The lowest BCUT2D eigenvalue weighted by atomic mass is 10.2. The van der Waals surface area contributed by atoms with Crippen molar-refractivity contribution in [1.29, 1.82) is 0 Å². The van der Waals surface area contributed by atoms with Gasteiger partial charge in [-0.15, -0.1) is 5.10 Å². The van der Waals surface area contributed by atoms with Crippen molar-refractivity contribution in [3.8, 4) is 0 Å². The van der Waals surface area contributed by atoms with Crippen LogP contribution in [0.3, 0.4) is 0 Å². The molecule has 4 nitrogen and oxygen atoms in total. The molecular formula is C9H16N4. The number of hydrogen-bond donors (Lipinski definition) is 1. The van der Waals surface area contributed by atoms with Crippen molar-refractivity contribution in [3.05, 3.63) is 11.4 Å². The van der Waals surface area contributed by atoms with Crippen LogP contribution in [0.2, 0.25) is 0 Å². The molecule has 1 saturated carbocycles. The van der Waals surface area contributed by atoms with E-state index in [1.165, 1.54) is 12.1 Å². The van der Waals surface area contributed by atoms with Gasteiger partial charge in [0.15, 0.2) is 0 Å². The van der Waals surface area contributed by atoms with E-state index in [4.69, 9.17) is 5.73 Å². The number of nitrogens with zero attached hydrogens (tertiary/aromatic N) is 3. The summed E-state index contributed by atoms with van der Waals surface area (Å²) in [5.41, 5.74) is 7.73. The van der Waals surface area contributed by atoms with Crippen LogP contribution in [-0.4, -0.2) is 21.5 Å². The van der Waals surface area contributed by atoms with E-state index >= 15 is 0 Å². The van der Waals surface area contributed by atoms with Gasteiger partial charge in [0.05, 0.1) is 17.4 Å². The van der Waals surface area contributed by atoms with Crippen LogP contribution in [0.15, 0.2) is 0 Å². The zero-order valence-corrected chi connectivity index (χ0v) is 8.20. The zero-order chi connectivity index (χ0) is 9.42. The second kappa shape index (κ2) is 3.10. The minimum atomic E-state index is 0.596. The summed E-state index contributed by atoms with van der Waals surface area (Å²) in [7, 11) is 0. The maximum absolute atomic E-state index is 5.48. The average Bonchev–Trinajstić information content (AvgIpc) is 2.70. The van der Waals surface area contributed by atoms with E-state index < -0.39 is 0 Å². The maximum Gasteiger partial charge on any atom is 0.0868 e. The summed E-state index contributed by atoms with van der Waals surface area (Å²) >= 11 is 0. The van der Waals surface area contributed by atoms with Gasteiger partial charge in [-0.3, -0.25) is 0 Å². The molecule has 13 heavy (non-hydrogen) atoms. The fourth-order valence-electron chi connectivity index (χ4n) is 1.70. The zero-order valence-electron chi connectivity index (χ0n) is 8.20. The Kier molecular flexibility index (Phi) is 2.07. The van der Waals surface area contributed by atoms with Crippen molar-refractivity contribution in [2.45, 2.75) is 32.7 Å². The first kappa shape index (κ1) is 8.69. The summed E-state index contributed by atoms with van der Waals surface area (Å²) in [5.74, 6) is 0.770. The third-order valence-corrected chi connectivity index (χ3v) is 2.79. The van der Waals surface area contributed by atoms with Gasteiger partial charge in [0.25, 0.3) is 0 Å². The minimum absolute atomic E-state index is 0.596. The summed E-state index contributed by atoms with van der Waals surface area (Å²) in [6, 6.07) is 0.596. The van der Waals surface area contributed by atoms with Crippen molar-refractivity contribution in [3.63, 3.8) is 0 Å². The van der Waals surface area contributed by atoms with Gasteiger partial charge in [0.1, 0.15) is 0 Å². The fourth-order valence-corrected chi connectivity index (χ4v) is 1.70. The van der Waals surface area contributed by atoms with Gasteiger partial charge in [0.2, 0.25) is 0 Å². The molecule has 0 bridgehead atoms. The quantitative estimate of drug-likeness (QED) is 0.743. The molecule has 72 valence electrons. The molecule has 0 amide bonds. The molecule has 2 atom stereocenters. The average molecular weight is 180 g/mol. The minimum Gasteiger partial charge on any atom is -0.330 e. The lowest BCUT2D eigenvalue weighted by Crippen LogP contribution is -2.05. The molecule has 1 heterocycles. The van der Waals surface area contributed by atoms with E-state index in [9.17, 15) is 0 Å². The van der Waals surface area contributed by atoms with Crippen LogP contribution < -0.4 is 5.73 Å². The van der Waals surface area contributed by atoms with Gasteiger partial charge in [-0.25, -0.2) is 4.68 Å². The molecule has 0 aliphatic heterocycles. The summed E-state index contributed by atoms with van der Waals surface area (Å²) in [6.45, 7) is 4.98. The van der Waals surface area contributed by atoms with Crippen molar-refractivity contribution >= 4 is 0 Å². The maximum atomic E-state index is 5.48. The molecule has 0 saturated heterocycles. The van der Waals surface area contributed by atoms with Crippen LogP contribution in [0, 0.1) is 12.8 Å². The van der Waals surface area contributed by atoms with Gasteiger partial charge < -0.3 is 5.73 Å². The van der Waals surface area contributed by atoms with E-state index in [1.807, 2.05) is 0 Å². The Balaban J connectivity index is 2.18. The molecule has 1 aliphatic rings. The molecule has 0 aromatic carbocycles. The van der Waals surface area contributed by atoms with Crippen LogP contribution in [0.25, 0.3) is 0 Å². The molecule has 4 heteroatoms. The Hall–Kier alpha value is -0.900. The van der Waals surface area contributed by atoms with Crippen molar-refractivity contribution in [1.82, 2.24) is 15.0 Å². The monoisotopic (exact) mass is 180 g/mol. The Labute approximate surface area is 78.1 Å². The predicted molar refractivity (Wildman–Crippen MR) is 50.3 cm³/mol. The lowest BCUT2D eigenvalue weighted by molar-refractivity contribution is 0.566. The van der Waals surface area contributed by atoms with Gasteiger partial charge in [0, 0.05) is 6.42 Å². The Morgan fingerprint density at radius 2 is 2.31 bits per heavy atom. The highest BCUT2D eigenvalue weighted by atomic mass is 15.5. The highest BCUT2D eigenvalue weighted by Gasteiger charge is 2.36. The summed E-state index contributed by atoms with van der Waals surface area (Å²) < 4.78 is 2.05. The highest BCUT2D eigenvalue weighted by molar-refractivity contribution is 5.11. The van der Waals surface area contributed by atoms with Gasteiger partial charge in [-0.05, 0) is 25.8 Å². The second-order valence-electron chi connectivity index (χ2n) is 3.89. The van der Waals surface area contributed by atoms with Crippen molar-refractivity contribution < 1.29 is 0 Å². The van der Waals surface area contributed by atoms with E-state index in [-0.39, 0.29) is 0 Å². The molecule has 1 aliphatic carbocycles. The normalized spacial score (nSPS) is 26.4. The molecule has 1 fully saturated rings. The van der Waals surface area contributed by atoms with E-state index in [1.54, 1.807) is 0 Å². The van der Waals surface area contributed by atoms with Crippen LogP contribution in [0.5, 0.6) is 0 Å². The molecule has 1 aromatic rings. The lowest BCUT2D eigenvalue weighted by Gasteiger charge is -2.00. The number of nitrogens with two attached hydrogens (primary N) is 1. The van der Waals surface area contributed by atoms with Gasteiger partial charge in [-0.1, -0.05) is 12.1 Å². The highest BCUT2D eigenvalue weighted by Crippen LogP contribution is 2.42. The second-order valence-corrected chi connectivity index (χ2v) is 3.89. The van der Waals surface area contributed by atoms with Crippen LogP contribution in [-0.2, 0) is 6.42 Å². The molecule has 1 aromatic heterocycles. The SMILES string of the molecule is Cc1c(CCN)nnn1C1CC1C. The van der Waals surface area contributed by atoms with Gasteiger partial charge in [-0.2, -0.15) is 0 Å². The summed E-state index contributed by atoms with van der Waals surface area (Å²) in [4.78, 5) is 0. The third-order valence-electron chi connectivity index (χ3n) is 2.79. The van der Waals surface area contributed by atoms with Crippen LogP contribution in [0.4, 0.5) is 0 Å². The first-order valence-electron chi connectivity index (χ1n) is 4.84. The van der Waals surface area contributed by atoms with E-state index in [2.05, 4.69) is 28.8 Å². The Bertz CT molecular complexity index is 305. The fraction of sp³-hybridized carbons (Fsp3) is 0.778. The first-order valence-corrected chi connectivity index (χ1v) is 4.84. The summed E-state index contributed by atoms with van der Waals surface area (Å²) in [5, 5.41) is 8.29. The molecular weight excluding hydrogens is 164 g/mol. The smallest absolute Gasteiger partial charge is 0.0868 e. The molecule has 0 radical (unpaired) electrons. The Morgan fingerprint density at radius 3 is 2.85 bits per heavy atom. The molecule has 0 spiro atoms. The number of rotatable bonds is 3. The first-order chi connectivity index (χ1) is 6.24. The topological polar surface area (TPSA) is 56.7 Å². The van der Waals surface area contributed by atoms with Crippen LogP contribution >= 0.6 is 0 Å². The third kappa shape index (κ3) is 1.46. The number of aromatic nitrogens is 3. The number of hydrogen-bond acceptors (Lipinski definition) is 3. The van der Waals surface area contributed by atoms with Crippen molar-refractivity contribution in [2.75, 3.05) is 6.54 Å². The molecule has 2 N–H and O–H groups in total. The van der Waals surface area contributed by atoms with Crippen molar-refractivity contribution in [2.24, 2.45) is 11.7 Å². The molecule has 2 unspecified atom stereocenters. The van der Waals surface area contributed by atoms with E-state index in [0.717, 1.165) is 18.0 Å². The standard InChI is InChI=1S/C9H16N4/c1-6-5-9(6)13-7(2)8(3-4-10)11-12-13/h6,9H,3-5,10H2,1-2H3.